The summed E-state index contributed by atoms with van der Waals surface area (Å²) in [5.41, 5.74) is -0.783. The maximum atomic E-state index is 11.5. The highest BCUT2D eigenvalue weighted by molar-refractivity contribution is 7.99. The summed E-state index contributed by atoms with van der Waals surface area (Å²) < 4.78 is 26.3. The van der Waals surface area contributed by atoms with Gasteiger partial charge in [0.1, 0.15) is 5.44 Å². The molecule has 0 bridgehead atoms. The van der Waals surface area contributed by atoms with Crippen molar-refractivity contribution in [1.29, 1.82) is 0 Å². The molecule has 0 aliphatic carbocycles. The zero-order chi connectivity index (χ0) is 19.1. The Labute approximate surface area is 149 Å². The van der Waals surface area contributed by atoms with E-state index in [4.69, 9.17) is 23.7 Å². The molecule has 0 radical (unpaired) electrons. The Bertz CT molecular complexity index is 521. The van der Waals surface area contributed by atoms with Crippen molar-refractivity contribution in [1.82, 2.24) is 0 Å². The molecule has 0 spiro atoms. The predicted molar refractivity (Wildman–Crippen MR) is 85.2 cm³/mol. The number of hydrogen-bond donors (Lipinski definition) is 0. The van der Waals surface area contributed by atoms with E-state index in [1.807, 2.05) is 6.92 Å². The fraction of sp³-hybridized carbons (Fsp3) is 0.733. The summed E-state index contributed by atoms with van der Waals surface area (Å²) in [6.07, 6.45) is -4.81. The fourth-order valence-corrected chi connectivity index (χ4v) is 3.21. The van der Waals surface area contributed by atoms with Crippen LogP contribution in [0.15, 0.2) is 0 Å². The second kappa shape index (κ2) is 9.62. The Kier molecular flexibility index (Phi) is 8.17. The highest BCUT2D eigenvalue weighted by Gasteiger charge is 2.53. The van der Waals surface area contributed by atoms with Gasteiger partial charge < -0.3 is 23.7 Å². The molecule has 1 saturated heterocycles. The first kappa shape index (κ1) is 21.2. The first-order valence-corrected chi connectivity index (χ1v) is 8.66. The van der Waals surface area contributed by atoms with E-state index in [2.05, 4.69) is 0 Å². The van der Waals surface area contributed by atoms with Gasteiger partial charge in [-0.2, -0.15) is 0 Å². The molecule has 0 N–H and O–H groups in total. The first-order chi connectivity index (χ1) is 11.6. The highest BCUT2D eigenvalue weighted by Crippen LogP contribution is 2.34. The smallest absolute Gasteiger partial charge is 0.305 e. The van der Waals surface area contributed by atoms with Crippen LogP contribution in [0.5, 0.6) is 0 Å². The van der Waals surface area contributed by atoms with Crippen LogP contribution in [0.3, 0.4) is 0 Å². The van der Waals surface area contributed by atoms with Gasteiger partial charge in [0, 0.05) is 27.7 Å². The molecule has 1 aliphatic rings. The van der Waals surface area contributed by atoms with Gasteiger partial charge in [-0.05, 0) is 5.75 Å². The number of carbonyl (C=O) groups excluding carboxylic acids is 4. The van der Waals surface area contributed by atoms with Crippen LogP contribution >= 0.6 is 11.8 Å². The van der Waals surface area contributed by atoms with Gasteiger partial charge in [-0.15, -0.1) is 11.8 Å². The standard InChI is InChI=1S/C15H22O9S/c1-6-25-15-13(22-9(4)18)11(20-7(2)16)12(21-8(3)17)14(24-15)23-10(5)19/h11-15H,6H2,1-5H3. The van der Waals surface area contributed by atoms with E-state index in [-0.39, 0.29) is 0 Å². The van der Waals surface area contributed by atoms with E-state index in [0.717, 1.165) is 20.8 Å². The van der Waals surface area contributed by atoms with Crippen molar-refractivity contribution in [2.24, 2.45) is 0 Å². The normalized spacial score (nSPS) is 28.6. The number of carbonyl (C=O) groups is 4. The molecule has 142 valence electrons. The molecule has 5 atom stereocenters. The SMILES string of the molecule is CCSC1OC(OC(C)=O)C(OC(C)=O)C(OC(C)=O)C1OC(C)=O. The average molecular weight is 378 g/mol. The summed E-state index contributed by atoms with van der Waals surface area (Å²) >= 11 is 1.26. The maximum Gasteiger partial charge on any atom is 0.305 e. The minimum absolute atomic E-state index is 0.584. The summed E-state index contributed by atoms with van der Waals surface area (Å²) in [6, 6.07) is 0. The zero-order valence-corrected chi connectivity index (χ0v) is 15.5. The lowest BCUT2D eigenvalue weighted by Gasteiger charge is -2.43. The number of hydrogen-bond acceptors (Lipinski definition) is 10. The van der Waals surface area contributed by atoms with Crippen molar-refractivity contribution in [2.45, 2.75) is 64.7 Å². The van der Waals surface area contributed by atoms with Crippen molar-refractivity contribution in [2.75, 3.05) is 5.75 Å². The van der Waals surface area contributed by atoms with Crippen molar-refractivity contribution in [3.63, 3.8) is 0 Å². The lowest BCUT2D eigenvalue weighted by Crippen LogP contribution is -2.61. The quantitative estimate of drug-likeness (QED) is 0.485. The Morgan fingerprint density at radius 1 is 0.760 bits per heavy atom. The minimum atomic E-state index is -1.30. The van der Waals surface area contributed by atoms with Crippen LogP contribution in [0, 0.1) is 0 Å². The second-order valence-corrected chi connectivity index (χ2v) is 6.54. The molecule has 9 nitrogen and oxygen atoms in total. The van der Waals surface area contributed by atoms with Crippen LogP contribution in [0.1, 0.15) is 34.6 Å². The molecular formula is C15H22O9S. The molecule has 5 unspecified atom stereocenters. The van der Waals surface area contributed by atoms with E-state index in [1.165, 1.54) is 18.7 Å². The van der Waals surface area contributed by atoms with Crippen molar-refractivity contribution in [3.05, 3.63) is 0 Å². The maximum absolute atomic E-state index is 11.5. The Hall–Kier alpha value is -1.81. The van der Waals surface area contributed by atoms with E-state index < -0.39 is 53.9 Å². The first-order valence-electron chi connectivity index (χ1n) is 7.61. The molecule has 0 amide bonds. The number of rotatable bonds is 6. The monoisotopic (exact) mass is 378 g/mol. The van der Waals surface area contributed by atoms with Gasteiger partial charge in [0.2, 0.25) is 12.4 Å². The molecule has 25 heavy (non-hydrogen) atoms. The second-order valence-electron chi connectivity index (χ2n) is 5.16. The average Bonchev–Trinajstić information content (AvgIpc) is 2.45. The van der Waals surface area contributed by atoms with Crippen molar-refractivity contribution < 1.29 is 42.9 Å². The van der Waals surface area contributed by atoms with Crippen molar-refractivity contribution in [3.8, 4) is 0 Å². The third kappa shape index (κ3) is 6.54. The van der Waals surface area contributed by atoms with Crippen molar-refractivity contribution >= 4 is 35.6 Å². The summed E-state index contributed by atoms with van der Waals surface area (Å²) in [5.74, 6) is -2.09. The van der Waals surface area contributed by atoms with E-state index in [1.54, 1.807) is 0 Å². The molecule has 1 aliphatic heterocycles. The van der Waals surface area contributed by atoms with Crippen LogP contribution in [-0.4, -0.2) is 59.7 Å². The third-order valence-corrected chi connectivity index (χ3v) is 4.01. The summed E-state index contributed by atoms with van der Waals surface area (Å²) in [4.78, 5) is 45.8. The van der Waals surface area contributed by atoms with Gasteiger partial charge in [-0.1, -0.05) is 6.92 Å². The molecule has 0 aromatic heterocycles. The van der Waals surface area contributed by atoms with Gasteiger partial charge in [0.05, 0.1) is 0 Å². The topological polar surface area (TPSA) is 114 Å². The number of thioether (sulfide) groups is 1. The highest BCUT2D eigenvalue weighted by atomic mass is 32.2. The zero-order valence-electron chi connectivity index (χ0n) is 14.7. The molecule has 0 aromatic rings. The summed E-state index contributed by atoms with van der Waals surface area (Å²) in [5, 5.41) is 0. The summed E-state index contributed by atoms with van der Waals surface area (Å²) in [6.45, 7) is 6.50. The third-order valence-electron chi connectivity index (χ3n) is 2.97. The largest absolute Gasteiger partial charge is 0.455 e. The lowest BCUT2D eigenvalue weighted by atomic mass is 10.0. The van der Waals surface area contributed by atoms with Gasteiger partial charge in [0.25, 0.3) is 0 Å². The molecule has 1 fully saturated rings. The Morgan fingerprint density at radius 2 is 1.20 bits per heavy atom. The molecule has 1 heterocycles. The van der Waals surface area contributed by atoms with Crippen LogP contribution in [0.2, 0.25) is 0 Å². The minimum Gasteiger partial charge on any atom is -0.455 e. The number of esters is 4. The Balaban J connectivity index is 3.25. The molecule has 1 rings (SSSR count). The van der Waals surface area contributed by atoms with Gasteiger partial charge in [-0.3, -0.25) is 19.2 Å². The van der Waals surface area contributed by atoms with Crippen LogP contribution in [-0.2, 0) is 42.9 Å². The fourth-order valence-electron chi connectivity index (χ4n) is 2.29. The van der Waals surface area contributed by atoms with Gasteiger partial charge in [0.15, 0.2) is 12.2 Å². The van der Waals surface area contributed by atoms with Gasteiger partial charge >= 0.3 is 23.9 Å². The van der Waals surface area contributed by atoms with Crippen LogP contribution in [0.25, 0.3) is 0 Å². The molecular weight excluding hydrogens is 356 g/mol. The van der Waals surface area contributed by atoms with E-state index in [0.29, 0.717) is 5.75 Å². The molecule has 0 aromatic carbocycles. The predicted octanol–water partition coefficient (Wildman–Crippen LogP) is 0.780. The summed E-state index contributed by atoms with van der Waals surface area (Å²) in [7, 11) is 0. The Morgan fingerprint density at radius 3 is 1.64 bits per heavy atom. The van der Waals surface area contributed by atoms with E-state index in [9.17, 15) is 19.2 Å². The van der Waals surface area contributed by atoms with Crippen LogP contribution in [0.4, 0.5) is 0 Å². The number of ether oxygens (including phenoxy) is 5. The molecule has 10 heteroatoms. The van der Waals surface area contributed by atoms with Crippen LogP contribution < -0.4 is 0 Å². The molecule has 0 saturated carbocycles. The lowest BCUT2D eigenvalue weighted by molar-refractivity contribution is -0.280. The van der Waals surface area contributed by atoms with E-state index >= 15 is 0 Å². The van der Waals surface area contributed by atoms with Gasteiger partial charge in [-0.25, -0.2) is 0 Å².